The Balaban J connectivity index is 0.00000237. The molecule has 0 aromatic heterocycles. The summed E-state index contributed by atoms with van der Waals surface area (Å²) in [5.41, 5.74) is 5.23. The minimum Gasteiger partial charge on any atom is -0.505 e. The van der Waals surface area contributed by atoms with Gasteiger partial charge in [-0.2, -0.15) is 0 Å². The topological polar surface area (TPSA) is 61.4 Å². The van der Waals surface area contributed by atoms with Crippen LogP contribution >= 0.6 is 0 Å². The Bertz CT molecular complexity index is 1310. The van der Waals surface area contributed by atoms with Gasteiger partial charge >= 0.3 is 0 Å². The minimum atomic E-state index is -0.644. The molecule has 0 saturated heterocycles. The number of phenols is 1. The molecule has 4 nitrogen and oxygen atoms in total. The third kappa shape index (κ3) is 8.90. The van der Waals surface area contributed by atoms with Gasteiger partial charge in [-0.3, -0.25) is 4.79 Å². The molecule has 5 heteroatoms. The molecule has 1 aliphatic rings. The number of hydrogen-bond acceptors (Lipinski definition) is 4. The van der Waals surface area contributed by atoms with E-state index in [9.17, 15) is 14.3 Å². The minimum absolute atomic E-state index is 0.0663. The van der Waals surface area contributed by atoms with E-state index in [0.29, 0.717) is 12.2 Å². The van der Waals surface area contributed by atoms with E-state index >= 15 is 0 Å². The maximum Gasteiger partial charge on any atom is 0.164 e. The summed E-state index contributed by atoms with van der Waals surface area (Å²) >= 11 is 0. The van der Waals surface area contributed by atoms with Crippen molar-refractivity contribution in [2.45, 2.75) is 77.2 Å². The van der Waals surface area contributed by atoms with E-state index in [1.54, 1.807) is 13.0 Å². The Morgan fingerprint density at radius 1 is 1.00 bits per heavy atom. The molecule has 0 spiro atoms. The molecule has 0 radical (unpaired) electrons. The van der Waals surface area contributed by atoms with Crippen LogP contribution in [0, 0.1) is 11.7 Å². The highest BCUT2D eigenvalue weighted by Gasteiger charge is 2.31. The third-order valence-electron chi connectivity index (χ3n) is 8.31. The Morgan fingerprint density at radius 2 is 1.71 bits per heavy atom. The van der Waals surface area contributed by atoms with Gasteiger partial charge in [0.1, 0.15) is 0 Å². The number of ketones is 1. The predicted molar refractivity (Wildman–Crippen MR) is 174 cm³/mol. The van der Waals surface area contributed by atoms with Crippen LogP contribution in [0.2, 0.25) is 0 Å². The first-order valence-electron chi connectivity index (χ1n) is 15.2. The number of hydrogen-bond donors (Lipinski definition) is 3. The third-order valence-corrected chi connectivity index (χ3v) is 8.31. The van der Waals surface area contributed by atoms with Gasteiger partial charge in [-0.1, -0.05) is 101 Å². The molecule has 1 saturated carbocycles. The standard InChI is InChI=1S/C35H43FN2O2.C2H4/c1-4-20-35(21-8-11-27-9-5-6-10-27,37-24-25(2)38-32-18-19-33(36)34(40)23-32)31-16-14-28(15-17-31)30-13-7-12-29(22-30)26(3)39;1-2/h7,12-19,22-23,27,37-38,40H,2,4-6,8-11,20-21,24H2,1,3H3;1-2H2. The molecule has 0 bridgehead atoms. The Hall–Kier alpha value is -3.70. The largest absolute Gasteiger partial charge is 0.505 e. The number of Topliss-reactive ketones (excluding diaryl/α,β-unsaturated/α-hetero) is 1. The maximum atomic E-state index is 13.5. The van der Waals surface area contributed by atoms with Crippen molar-refractivity contribution in [3.63, 3.8) is 0 Å². The van der Waals surface area contributed by atoms with E-state index < -0.39 is 5.82 Å². The van der Waals surface area contributed by atoms with Gasteiger partial charge in [-0.05, 0) is 60.6 Å². The van der Waals surface area contributed by atoms with Gasteiger partial charge in [0.15, 0.2) is 17.3 Å². The van der Waals surface area contributed by atoms with Gasteiger partial charge in [-0.25, -0.2) is 4.39 Å². The van der Waals surface area contributed by atoms with Crippen LogP contribution in [0.5, 0.6) is 5.75 Å². The number of carbonyl (C=O) groups excluding carboxylic acids is 1. The summed E-state index contributed by atoms with van der Waals surface area (Å²) in [6, 6.07) is 20.8. The molecule has 1 unspecified atom stereocenters. The first-order chi connectivity index (χ1) is 20.3. The van der Waals surface area contributed by atoms with Crippen molar-refractivity contribution in [3.05, 3.63) is 109 Å². The van der Waals surface area contributed by atoms with Gasteiger partial charge in [0, 0.05) is 35.1 Å². The van der Waals surface area contributed by atoms with E-state index in [-0.39, 0.29) is 17.1 Å². The van der Waals surface area contributed by atoms with Gasteiger partial charge in [0.05, 0.1) is 0 Å². The number of rotatable bonds is 14. The highest BCUT2D eigenvalue weighted by molar-refractivity contribution is 5.95. The summed E-state index contributed by atoms with van der Waals surface area (Å²) in [4.78, 5) is 11.9. The second-order valence-electron chi connectivity index (χ2n) is 11.3. The van der Waals surface area contributed by atoms with Crippen LogP contribution < -0.4 is 10.6 Å². The first kappa shape index (κ1) is 32.8. The summed E-state index contributed by atoms with van der Waals surface area (Å²) in [5, 5.41) is 16.8. The molecule has 4 rings (SSSR count). The lowest BCUT2D eigenvalue weighted by Gasteiger charge is -2.37. The summed E-state index contributed by atoms with van der Waals surface area (Å²) < 4.78 is 13.5. The lowest BCUT2D eigenvalue weighted by atomic mass is 9.79. The van der Waals surface area contributed by atoms with Crippen molar-refractivity contribution in [1.82, 2.24) is 5.32 Å². The zero-order chi connectivity index (χ0) is 30.5. The second-order valence-corrected chi connectivity index (χ2v) is 11.3. The predicted octanol–water partition coefficient (Wildman–Crippen LogP) is 9.77. The van der Waals surface area contributed by atoms with Gasteiger partial charge in [0.25, 0.3) is 0 Å². The zero-order valence-corrected chi connectivity index (χ0v) is 25.4. The van der Waals surface area contributed by atoms with Crippen molar-refractivity contribution < 1.29 is 14.3 Å². The molecule has 1 fully saturated rings. The van der Waals surface area contributed by atoms with E-state index in [1.807, 2.05) is 24.3 Å². The number of benzene rings is 3. The van der Waals surface area contributed by atoms with Crippen LogP contribution in [0.4, 0.5) is 10.1 Å². The van der Waals surface area contributed by atoms with Crippen LogP contribution in [0.3, 0.4) is 0 Å². The smallest absolute Gasteiger partial charge is 0.164 e. The van der Waals surface area contributed by atoms with Crippen LogP contribution in [0.15, 0.2) is 92.2 Å². The van der Waals surface area contributed by atoms with E-state index in [1.165, 1.54) is 49.8 Å². The van der Waals surface area contributed by atoms with Crippen molar-refractivity contribution in [2.75, 3.05) is 11.9 Å². The van der Waals surface area contributed by atoms with Gasteiger partial charge in [-0.15, -0.1) is 13.2 Å². The van der Waals surface area contributed by atoms with E-state index in [4.69, 9.17) is 0 Å². The normalized spacial score (nSPS) is 14.5. The van der Waals surface area contributed by atoms with Crippen molar-refractivity contribution >= 4 is 11.5 Å². The van der Waals surface area contributed by atoms with Crippen LogP contribution in [0.1, 0.15) is 87.6 Å². The summed E-state index contributed by atoms with van der Waals surface area (Å²) in [7, 11) is 0. The van der Waals surface area contributed by atoms with Crippen LogP contribution in [0.25, 0.3) is 11.1 Å². The van der Waals surface area contributed by atoms with Gasteiger partial charge in [0.2, 0.25) is 0 Å². The van der Waals surface area contributed by atoms with Gasteiger partial charge < -0.3 is 15.7 Å². The number of nitrogens with one attached hydrogen (secondary N) is 2. The quantitative estimate of drug-likeness (QED) is 0.133. The van der Waals surface area contributed by atoms with Crippen molar-refractivity contribution in [1.29, 1.82) is 0 Å². The fourth-order valence-electron chi connectivity index (χ4n) is 6.12. The lowest BCUT2D eigenvalue weighted by Crippen LogP contribution is -2.44. The molecule has 1 atom stereocenters. The van der Waals surface area contributed by atoms with Crippen molar-refractivity contribution in [2.24, 2.45) is 5.92 Å². The molecule has 1 aliphatic carbocycles. The fraction of sp³-hybridized carbons (Fsp3) is 0.378. The van der Waals surface area contributed by atoms with E-state index in [2.05, 4.69) is 61.6 Å². The number of halogens is 1. The monoisotopic (exact) mass is 570 g/mol. The molecule has 42 heavy (non-hydrogen) atoms. The molecule has 0 aliphatic heterocycles. The second kappa shape index (κ2) is 16.1. The zero-order valence-electron chi connectivity index (χ0n) is 25.4. The van der Waals surface area contributed by atoms with Crippen LogP contribution in [-0.2, 0) is 5.54 Å². The Morgan fingerprint density at radius 3 is 2.36 bits per heavy atom. The SMILES string of the molecule is C=C.C=C(CNC(CCC)(CCCC1CCCC1)c1ccc(-c2cccc(C(C)=O)c2)cc1)Nc1ccc(F)c(O)c1. The number of carbonyl (C=O) groups is 1. The molecule has 224 valence electrons. The summed E-state index contributed by atoms with van der Waals surface area (Å²) in [6.07, 6.45) is 10.9. The molecular formula is C37H47FN2O2. The Labute approximate surface area is 251 Å². The number of anilines is 1. The highest BCUT2D eigenvalue weighted by atomic mass is 19.1. The lowest BCUT2D eigenvalue weighted by molar-refractivity contribution is 0.101. The molecular weight excluding hydrogens is 523 g/mol. The van der Waals surface area contributed by atoms with Crippen LogP contribution in [-0.4, -0.2) is 17.4 Å². The number of aromatic hydroxyl groups is 1. The number of phenolic OH excluding ortho intramolecular Hbond substituents is 1. The highest BCUT2D eigenvalue weighted by Crippen LogP contribution is 2.37. The average Bonchev–Trinajstić information content (AvgIpc) is 3.53. The average molecular weight is 571 g/mol. The first-order valence-corrected chi connectivity index (χ1v) is 15.2. The summed E-state index contributed by atoms with van der Waals surface area (Å²) in [5.74, 6) is -0.114. The Kier molecular flexibility index (Phi) is 12.6. The molecule has 3 N–H and O–H groups in total. The molecule has 3 aromatic rings. The van der Waals surface area contributed by atoms with E-state index in [0.717, 1.165) is 54.0 Å². The molecule has 3 aromatic carbocycles. The van der Waals surface area contributed by atoms with Crippen molar-refractivity contribution in [3.8, 4) is 16.9 Å². The maximum absolute atomic E-state index is 13.5. The fourth-order valence-corrected chi connectivity index (χ4v) is 6.12. The summed E-state index contributed by atoms with van der Waals surface area (Å²) in [6.45, 7) is 14.6. The molecule has 0 heterocycles. The molecule has 0 amide bonds.